The zero-order chi connectivity index (χ0) is 9.10. The molecule has 0 aromatic carbocycles. The van der Waals surface area contributed by atoms with Crippen LogP contribution in [-0.2, 0) is 0 Å². The Kier molecular flexibility index (Phi) is 1.87. The molecule has 2 aromatic heterocycles. The second kappa shape index (κ2) is 3.18. The van der Waals surface area contributed by atoms with Crippen LogP contribution in [0.3, 0.4) is 0 Å². The van der Waals surface area contributed by atoms with E-state index >= 15 is 0 Å². The minimum atomic E-state index is 0.532. The van der Waals surface area contributed by atoms with Gasteiger partial charge in [-0.1, -0.05) is 0 Å². The van der Waals surface area contributed by atoms with E-state index in [1.165, 1.54) is 6.33 Å². The fourth-order valence-corrected chi connectivity index (χ4v) is 0.925. The highest BCUT2D eigenvalue weighted by molar-refractivity contribution is 5.46. The Balaban J connectivity index is 2.41. The van der Waals surface area contributed by atoms with Crippen LogP contribution in [0.15, 0.2) is 18.6 Å². The molecule has 0 aliphatic rings. The molecule has 0 atom stereocenters. The molecule has 0 fully saturated rings. The minimum absolute atomic E-state index is 0.532. The van der Waals surface area contributed by atoms with Crippen molar-refractivity contribution in [3.8, 4) is 11.6 Å². The van der Waals surface area contributed by atoms with Crippen LogP contribution in [0.2, 0.25) is 0 Å². The van der Waals surface area contributed by atoms with Gasteiger partial charge in [0.05, 0.1) is 0 Å². The van der Waals surface area contributed by atoms with Gasteiger partial charge in [0.1, 0.15) is 12.1 Å². The van der Waals surface area contributed by atoms with Crippen molar-refractivity contribution in [2.45, 2.75) is 0 Å². The summed E-state index contributed by atoms with van der Waals surface area (Å²) in [5.74, 6) is 1.85. The Morgan fingerprint density at radius 1 is 1.38 bits per heavy atom. The number of hydrogen-bond acceptors (Lipinski definition) is 5. The molecule has 0 spiro atoms. The Labute approximate surface area is 74.5 Å². The van der Waals surface area contributed by atoms with Crippen molar-refractivity contribution in [2.24, 2.45) is 0 Å². The van der Waals surface area contributed by atoms with Gasteiger partial charge in [-0.2, -0.15) is 5.10 Å². The van der Waals surface area contributed by atoms with Gasteiger partial charge in [0.2, 0.25) is 0 Å². The van der Waals surface area contributed by atoms with Gasteiger partial charge in [0, 0.05) is 13.2 Å². The van der Waals surface area contributed by atoms with Gasteiger partial charge >= 0.3 is 0 Å². The molecule has 66 valence electrons. The van der Waals surface area contributed by atoms with Crippen molar-refractivity contribution in [1.29, 1.82) is 0 Å². The van der Waals surface area contributed by atoms with Crippen molar-refractivity contribution in [3.05, 3.63) is 18.6 Å². The van der Waals surface area contributed by atoms with Crippen molar-refractivity contribution in [3.63, 3.8) is 0 Å². The Morgan fingerprint density at radius 2 is 2.31 bits per heavy atom. The molecule has 0 amide bonds. The van der Waals surface area contributed by atoms with Crippen LogP contribution in [0, 0.1) is 0 Å². The van der Waals surface area contributed by atoms with Gasteiger partial charge in [-0.25, -0.2) is 15.0 Å². The summed E-state index contributed by atoms with van der Waals surface area (Å²) in [6, 6.07) is 1.78. The molecule has 0 radical (unpaired) electrons. The first-order chi connectivity index (χ1) is 6.40. The Morgan fingerprint density at radius 3 is 3.00 bits per heavy atom. The largest absolute Gasteiger partial charge is 0.373 e. The summed E-state index contributed by atoms with van der Waals surface area (Å²) in [5, 5.41) is 9.32. The fraction of sp³-hybridized carbons (Fsp3) is 0.143. The van der Waals surface area contributed by atoms with Gasteiger partial charge < -0.3 is 5.32 Å². The molecule has 2 N–H and O–H groups in total. The molecular weight excluding hydrogens is 168 g/mol. The van der Waals surface area contributed by atoms with E-state index in [1.54, 1.807) is 19.3 Å². The second-order valence-electron chi connectivity index (χ2n) is 2.35. The quantitative estimate of drug-likeness (QED) is 0.688. The van der Waals surface area contributed by atoms with Gasteiger partial charge in [0.25, 0.3) is 0 Å². The first-order valence-corrected chi connectivity index (χ1v) is 3.76. The number of rotatable bonds is 2. The topological polar surface area (TPSA) is 79.4 Å². The van der Waals surface area contributed by atoms with E-state index in [0.29, 0.717) is 11.6 Å². The summed E-state index contributed by atoms with van der Waals surface area (Å²) < 4.78 is 0. The van der Waals surface area contributed by atoms with Crippen LogP contribution >= 0.6 is 0 Å². The molecule has 13 heavy (non-hydrogen) atoms. The average molecular weight is 176 g/mol. The zero-order valence-corrected chi connectivity index (χ0v) is 7.02. The molecule has 0 saturated heterocycles. The molecule has 2 heterocycles. The van der Waals surface area contributed by atoms with E-state index in [9.17, 15) is 0 Å². The molecule has 0 aliphatic carbocycles. The minimum Gasteiger partial charge on any atom is -0.373 e. The molecule has 0 saturated carbocycles. The zero-order valence-electron chi connectivity index (χ0n) is 7.02. The predicted octanol–water partition coefficient (Wildman–Crippen LogP) is 0.303. The van der Waals surface area contributed by atoms with E-state index in [-0.39, 0.29) is 0 Å². The summed E-state index contributed by atoms with van der Waals surface area (Å²) in [6.45, 7) is 0. The number of hydrogen-bond donors (Lipinski definition) is 2. The van der Waals surface area contributed by atoms with Crippen LogP contribution in [0.1, 0.15) is 0 Å². The normalized spacial score (nSPS) is 9.92. The number of nitrogens with zero attached hydrogens (tertiary/aromatic N) is 4. The van der Waals surface area contributed by atoms with E-state index < -0.39 is 0 Å². The lowest BCUT2D eigenvalue weighted by molar-refractivity contribution is 1.06. The summed E-state index contributed by atoms with van der Waals surface area (Å²) in [7, 11) is 1.80. The third kappa shape index (κ3) is 1.46. The number of H-pyrrole nitrogens is 1. The monoisotopic (exact) mass is 176 g/mol. The molecule has 6 heteroatoms. The molecule has 6 nitrogen and oxygen atoms in total. The molecule has 2 rings (SSSR count). The van der Waals surface area contributed by atoms with Gasteiger partial charge in [-0.15, -0.1) is 0 Å². The number of nitrogens with one attached hydrogen (secondary N) is 2. The maximum atomic E-state index is 4.18. The molecule has 0 bridgehead atoms. The maximum absolute atomic E-state index is 4.18. The Hall–Kier alpha value is -1.98. The molecule has 0 aliphatic heterocycles. The van der Waals surface area contributed by atoms with Crippen molar-refractivity contribution in [1.82, 2.24) is 25.1 Å². The van der Waals surface area contributed by atoms with Crippen molar-refractivity contribution >= 4 is 5.82 Å². The van der Waals surface area contributed by atoms with Gasteiger partial charge in [0.15, 0.2) is 11.6 Å². The van der Waals surface area contributed by atoms with Crippen molar-refractivity contribution in [2.75, 3.05) is 12.4 Å². The van der Waals surface area contributed by atoms with Crippen LogP contribution in [0.25, 0.3) is 11.6 Å². The highest BCUT2D eigenvalue weighted by Gasteiger charge is 2.03. The van der Waals surface area contributed by atoms with E-state index in [2.05, 4.69) is 30.5 Å². The molecular formula is C7H8N6. The highest BCUT2D eigenvalue weighted by atomic mass is 15.2. The van der Waals surface area contributed by atoms with E-state index in [4.69, 9.17) is 0 Å². The highest BCUT2D eigenvalue weighted by Crippen LogP contribution is 2.08. The SMILES string of the molecule is CNc1ccnc(-c2ncn[nH]2)n1. The van der Waals surface area contributed by atoms with Crippen LogP contribution < -0.4 is 5.32 Å². The first-order valence-electron chi connectivity index (χ1n) is 3.76. The van der Waals surface area contributed by atoms with E-state index in [1.807, 2.05) is 0 Å². The smallest absolute Gasteiger partial charge is 0.199 e. The first kappa shape index (κ1) is 7.66. The van der Waals surface area contributed by atoms with E-state index in [0.717, 1.165) is 5.82 Å². The van der Waals surface area contributed by atoms with Gasteiger partial charge in [-0.05, 0) is 6.07 Å². The van der Waals surface area contributed by atoms with Crippen LogP contribution in [-0.4, -0.2) is 32.2 Å². The number of anilines is 1. The maximum Gasteiger partial charge on any atom is 0.199 e. The predicted molar refractivity (Wildman–Crippen MR) is 47.0 cm³/mol. The lowest BCUT2D eigenvalue weighted by Crippen LogP contribution is -1.96. The van der Waals surface area contributed by atoms with Crippen LogP contribution in [0.4, 0.5) is 5.82 Å². The molecule has 0 unspecified atom stereocenters. The third-order valence-corrected chi connectivity index (χ3v) is 1.54. The number of aromatic amines is 1. The van der Waals surface area contributed by atoms with Crippen LogP contribution in [0.5, 0.6) is 0 Å². The Bertz CT molecular complexity index is 382. The lowest BCUT2D eigenvalue weighted by atomic mass is 10.5. The molecule has 2 aromatic rings. The lowest BCUT2D eigenvalue weighted by Gasteiger charge is -1.98. The summed E-state index contributed by atoms with van der Waals surface area (Å²) >= 11 is 0. The second-order valence-corrected chi connectivity index (χ2v) is 2.35. The van der Waals surface area contributed by atoms with Crippen molar-refractivity contribution < 1.29 is 0 Å². The summed E-state index contributed by atoms with van der Waals surface area (Å²) in [4.78, 5) is 12.2. The number of aromatic nitrogens is 5. The fourth-order valence-electron chi connectivity index (χ4n) is 0.925. The summed E-state index contributed by atoms with van der Waals surface area (Å²) in [6.07, 6.45) is 3.08. The van der Waals surface area contributed by atoms with Gasteiger partial charge in [-0.3, -0.25) is 5.10 Å². The third-order valence-electron chi connectivity index (χ3n) is 1.54. The summed E-state index contributed by atoms with van der Waals surface area (Å²) in [5.41, 5.74) is 0. The average Bonchev–Trinajstić information content (AvgIpc) is 2.71. The standard InChI is InChI=1S/C7H8N6/c1-8-5-2-3-9-6(12-5)7-10-4-11-13-7/h2-4H,1H3,(H,8,9,12)(H,10,11,13).